The minimum Gasteiger partial charge on any atom is -0.478 e. The topological polar surface area (TPSA) is 266 Å². The normalized spacial score (nSPS) is 12.8. The van der Waals surface area contributed by atoms with Gasteiger partial charge in [-0.05, 0) is 73.7 Å². The summed E-state index contributed by atoms with van der Waals surface area (Å²) in [5.74, 6) is -2.33. The number of imidazole rings is 2. The van der Waals surface area contributed by atoms with E-state index in [1.807, 2.05) is 7.05 Å². The van der Waals surface area contributed by atoms with E-state index in [4.69, 9.17) is 51.5 Å². The number of nitrogens with zero attached hydrogens (tertiary/aromatic N) is 13. The minimum absolute atomic E-state index is 0.0319. The zero-order chi connectivity index (χ0) is 49.1. The molecule has 1 aliphatic heterocycles. The van der Waals surface area contributed by atoms with Crippen molar-refractivity contribution < 1.29 is 33.1 Å². The van der Waals surface area contributed by atoms with E-state index in [0.29, 0.717) is 40.3 Å². The number of nitrogens with one attached hydrogen (secondary N) is 3. The smallest absolute Gasteiger partial charge is 0.338 e. The average molecular weight is 1010 g/mol. The molecule has 350 valence electrons. The van der Waals surface area contributed by atoms with Crippen molar-refractivity contribution in [3.8, 4) is 0 Å². The number of hydrogen-bond donors (Lipinski definition) is 4. The van der Waals surface area contributed by atoms with E-state index in [-0.39, 0.29) is 43.8 Å². The molecule has 0 aromatic carbocycles. The number of halogens is 6. The number of likely N-dealkylation sites (N-methyl/N-ethyl adjacent to an activating group) is 1. The molecule has 8 aromatic heterocycles. The van der Waals surface area contributed by atoms with Crippen LogP contribution in [0.15, 0.2) is 86.5 Å². The Hall–Kier alpha value is -7.44. The molecule has 8 aromatic rings. The highest BCUT2D eigenvalue weighted by atomic mass is 35.5. The van der Waals surface area contributed by atoms with Crippen molar-refractivity contribution in [1.29, 1.82) is 0 Å². The highest BCUT2D eigenvalue weighted by molar-refractivity contribution is 6.67. The number of pyridine rings is 2. The van der Waals surface area contributed by atoms with Crippen molar-refractivity contribution in [2.75, 3.05) is 35.7 Å². The summed E-state index contributed by atoms with van der Waals surface area (Å²) < 4.78 is 31.1. The largest absolute Gasteiger partial charge is 0.478 e. The summed E-state index contributed by atoms with van der Waals surface area (Å²) in [7, 11) is 1.94. The van der Waals surface area contributed by atoms with Gasteiger partial charge in [-0.25, -0.2) is 63.4 Å². The van der Waals surface area contributed by atoms with Crippen LogP contribution in [0.3, 0.4) is 0 Å². The predicted octanol–water partition coefficient (Wildman–Crippen LogP) is 6.44. The Labute approximate surface area is 403 Å². The second-order valence-electron chi connectivity index (χ2n) is 14.1. The second-order valence-corrected chi connectivity index (χ2v) is 15.4. The van der Waals surface area contributed by atoms with Crippen molar-refractivity contribution in [3.63, 3.8) is 0 Å². The Balaban J connectivity index is 0.000000163. The molecular formula is C41H34Cl4F2N16O5. The van der Waals surface area contributed by atoms with Crippen LogP contribution in [-0.2, 0) is 0 Å². The molecule has 27 heteroatoms. The van der Waals surface area contributed by atoms with E-state index in [9.17, 15) is 28.0 Å². The van der Waals surface area contributed by atoms with Gasteiger partial charge in [-0.15, -0.1) is 0 Å². The fraction of sp³-hybridized carbons (Fsp3) is 0.171. The highest BCUT2D eigenvalue weighted by Gasteiger charge is 2.23. The van der Waals surface area contributed by atoms with Crippen LogP contribution in [0.4, 0.5) is 26.1 Å². The van der Waals surface area contributed by atoms with Gasteiger partial charge in [-0.1, -0.05) is 0 Å². The quantitative estimate of drug-likeness (QED) is 0.0943. The van der Waals surface area contributed by atoms with Gasteiger partial charge in [0.05, 0.1) is 45.0 Å². The Morgan fingerprint density at radius 3 is 1.41 bits per heavy atom. The molecule has 0 radical (unpaired) electrons. The number of aryl methyl sites for hydroxylation is 2. The molecule has 4 N–H and O–H groups in total. The molecular weight excluding hydrogens is 976 g/mol. The molecule has 21 nitrogen and oxygen atoms in total. The van der Waals surface area contributed by atoms with Crippen LogP contribution in [0.25, 0.3) is 11.3 Å². The van der Waals surface area contributed by atoms with E-state index in [2.05, 4.69) is 70.7 Å². The Morgan fingerprint density at radius 1 is 0.632 bits per heavy atom. The molecule has 9 heterocycles. The first-order valence-corrected chi connectivity index (χ1v) is 21.0. The van der Waals surface area contributed by atoms with Gasteiger partial charge in [0.2, 0.25) is 21.8 Å². The number of aromatic nitrogens is 12. The van der Waals surface area contributed by atoms with Crippen LogP contribution in [-0.4, -0.2) is 113 Å². The lowest BCUT2D eigenvalue weighted by atomic mass is 10.3. The van der Waals surface area contributed by atoms with Crippen molar-refractivity contribution in [2.24, 2.45) is 0 Å². The van der Waals surface area contributed by atoms with Crippen LogP contribution in [0.2, 0.25) is 15.9 Å². The van der Waals surface area contributed by atoms with Crippen molar-refractivity contribution in [2.45, 2.75) is 26.3 Å². The number of rotatable bonds is 8. The fourth-order valence-electron chi connectivity index (χ4n) is 5.95. The third-order valence-electron chi connectivity index (χ3n) is 9.15. The molecule has 2 amide bonds. The van der Waals surface area contributed by atoms with Gasteiger partial charge >= 0.3 is 5.97 Å². The third kappa shape index (κ3) is 13.6. The Bertz CT molecular complexity index is 3020. The van der Waals surface area contributed by atoms with Gasteiger partial charge in [0, 0.05) is 106 Å². The number of fused-ring (bicyclic) bond motifs is 2. The molecule has 0 spiro atoms. The molecule has 1 atom stereocenters. The number of carbonyl (C=O) groups excluding carboxylic acids is 3. The molecule has 1 saturated heterocycles. The van der Waals surface area contributed by atoms with Crippen molar-refractivity contribution in [3.05, 3.63) is 148 Å². The summed E-state index contributed by atoms with van der Waals surface area (Å²) in [6.07, 6.45) is 18.0. The summed E-state index contributed by atoms with van der Waals surface area (Å²) in [5.41, 5.74) is 3.26. The standard InChI is InChI=1S/C18H20FN7O.C13H9ClFN5O.C5H2Cl2N2O.C5H3ClN2O2/c1-11-8-26-10-14(5-15(19)16(26)23-11)24-17(27)12-6-21-18(22-7-12)25-4-3-13(9-25)20-2;1-7-5-20-6-9(2-10(15)11(20)18-7)19-12(21)8-3-16-13(14)17-4-8;6-4(10)3-1-8-5(7)9-2-3;6-5-7-1-3(2-8-5)4(9)10/h5-8,10,13,20H,3-4,9H2,1-2H3,(H,24,27);2-6H,1H3,(H,19,21);1-2H;1-2H,(H,9,10)/t13-;;;/m0.../s1. The first kappa shape index (κ1) is 50.0. The van der Waals surface area contributed by atoms with Gasteiger partial charge < -0.3 is 34.8 Å². The lowest BCUT2D eigenvalue weighted by Crippen LogP contribution is -2.30. The van der Waals surface area contributed by atoms with E-state index >= 15 is 0 Å². The molecule has 9 rings (SSSR count). The SMILES string of the molecule is CN[C@H]1CCN(c2ncc(C(=O)Nc3cc(F)c4nc(C)cn4c3)cn2)C1.Cc1cn2cc(NC(=O)c3cnc(Cl)nc3)cc(F)c2n1.O=C(Cl)c1cnc(Cl)nc1.O=C(O)c1cnc(Cl)nc1. The zero-order valence-electron chi connectivity index (χ0n) is 35.4. The maximum Gasteiger partial charge on any atom is 0.338 e. The fourth-order valence-corrected chi connectivity index (χ4v) is 6.34. The van der Waals surface area contributed by atoms with Gasteiger partial charge in [-0.2, -0.15) is 0 Å². The van der Waals surface area contributed by atoms with E-state index in [0.717, 1.165) is 31.9 Å². The number of aromatic carboxylic acids is 1. The summed E-state index contributed by atoms with van der Waals surface area (Å²) >= 11 is 21.3. The predicted molar refractivity (Wildman–Crippen MR) is 246 cm³/mol. The summed E-state index contributed by atoms with van der Waals surface area (Å²) in [6.45, 7) is 5.25. The molecule has 0 unspecified atom stereocenters. The lowest BCUT2D eigenvalue weighted by molar-refractivity contribution is 0.0695. The van der Waals surface area contributed by atoms with Crippen molar-refractivity contribution in [1.82, 2.24) is 64.0 Å². The summed E-state index contributed by atoms with van der Waals surface area (Å²) in [5, 5.41) is 16.4. The number of amides is 2. The summed E-state index contributed by atoms with van der Waals surface area (Å²) in [4.78, 5) is 85.3. The number of hydrogen-bond acceptors (Lipinski definition) is 16. The highest BCUT2D eigenvalue weighted by Crippen LogP contribution is 2.20. The maximum absolute atomic E-state index is 14.1. The molecule has 1 fully saturated rings. The number of carbonyl (C=O) groups is 4. The van der Waals surface area contributed by atoms with Crippen LogP contribution < -0.4 is 20.9 Å². The van der Waals surface area contributed by atoms with Gasteiger partial charge in [0.15, 0.2) is 22.9 Å². The first-order chi connectivity index (χ1) is 32.5. The number of carboxylic acids is 1. The van der Waals surface area contributed by atoms with Crippen molar-refractivity contribution >= 4 is 98.0 Å². The average Bonchev–Trinajstić information content (AvgIpc) is 4.06. The molecule has 68 heavy (non-hydrogen) atoms. The minimum atomic E-state index is -1.06. The van der Waals surface area contributed by atoms with Crippen LogP contribution in [0.5, 0.6) is 0 Å². The molecule has 0 bridgehead atoms. The van der Waals surface area contributed by atoms with Crippen LogP contribution in [0, 0.1) is 25.5 Å². The second kappa shape index (κ2) is 22.8. The number of carboxylic acid groups (broad SMARTS) is 1. The van der Waals surface area contributed by atoms with Gasteiger partial charge in [0.25, 0.3) is 17.1 Å². The van der Waals surface area contributed by atoms with E-state index in [1.54, 1.807) is 43.0 Å². The Kier molecular flexibility index (Phi) is 16.8. The molecule has 1 aliphatic rings. The lowest BCUT2D eigenvalue weighted by Gasteiger charge is -2.16. The van der Waals surface area contributed by atoms with Crippen LogP contribution >= 0.6 is 46.4 Å². The van der Waals surface area contributed by atoms with Gasteiger partial charge in [0.1, 0.15) is 0 Å². The number of anilines is 3. The maximum atomic E-state index is 14.1. The first-order valence-electron chi connectivity index (χ1n) is 19.5. The van der Waals surface area contributed by atoms with E-state index in [1.165, 1.54) is 53.7 Å². The molecule has 0 aliphatic carbocycles. The zero-order valence-corrected chi connectivity index (χ0v) is 38.5. The summed E-state index contributed by atoms with van der Waals surface area (Å²) in [6, 6.07) is 2.88. The van der Waals surface area contributed by atoms with Crippen LogP contribution in [0.1, 0.15) is 59.2 Å². The third-order valence-corrected chi connectivity index (χ3v) is 9.95. The molecule has 0 saturated carbocycles. The van der Waals surface area contributed by atoms with E-state index < -0.39 is 34.7 Å². The Morgan fingerprint density at radius 2 is 1.03 bits per heavy atom. The van der Waals surface area contributed by atoms with Gasteiger partial charge in [-0.3, -0.25) is 14.4 Å². The monoisotopic (exact) mass is 1010 g/mol.